The van der Waals surface area contributed by atoms with Gasteiger partial charge in [0.2, 0.25) is 5.91 Å². The quantitative estimate of drug-likeness (QED) is 0.312. The number of aliphatic imine (C=N–C) groups is 1. The van der Waals surface area contributed by atoms with Gasteiger partial charge < -0.3 is 20.7 Å². The summed E-state index contributed by atoms with van der Waals surface area (Å²) in [5, 5.41) is 9.02. The molecule has 0 saturated carbocycles. The molecule has 0 aromatic heterocycles. The number of hydrogen-bond acceptors (Lipinski definition) is 3. The Morgan fingerprint density at radius 2 is 1.94 bits per heavy atom. The van der Waals surface area contributed by atoms with Gasteiger partial charge in [0.05, 0.1) is 0 Å². The van der Waals surface area contributed by atoms with Crippen LogP contribution in [0.5, 0.6) is 0 Å². The van der Waals surface area contributed by atoms with Crippen LogP contribution >= 0.6 is 0 Å². The van der Waals surface area contributed by atoms with E-state index in [0.717, 1.165) is 25.9 Å². The summed E-state index contributed by atoms with van der Waals surface area (Å²) < 4.78 is 4.96. The molecule has 106 valence electrons. The number of carbonyl (C=O) groups is 1. The van der Waals surface area contributed by atoms with Gasteiger partial charge in [-0.2, -0.15) is 0 Å². The SMILES string of the molecule is CCCNC(=O)CN=C(NCC)NCCCOC. The zero-order valence-corrected chi connectivity index (χ0v) is 11.7. The summed E-state index contributed by atoms with van der Waals surface area (Å²) in [6, 6.07) is 0. The predicted octanol–water partition coefficient (Wildman–Crippen LogP) is 0.104. The van der Waals surface area contributed by atoms with Gasteiger partial charge in [0, 0.05) is 33.4 Å². The Labute approximate surface area is 110 Å². The third kappa shape index (κ3) is 9.89. The van der Waals surface area contributed by atoms with E-state index in [-0.39, 0.29) is 12.5 Å². The molecule has 0 unspecified atom stereocenters. The van der Waals surface area contributed by atoms with Gasteiger partial charge >= 0.3 is 0 Å². The first-order valence-electron chi connectivity index (χ1n) is 6.52. The maximum Gasteiger partial charge on any atom is 0.241 e. The van der Waals surface area contributed by atoms with Gasteiger partial charge in [-0.1, -0.05) is 6.92 Å². The van der Waals surface area contributed by atoms with Crippen LogP contribution in [-0.2, 0) is 9.53 Å². The van der Waals surface area contributed by atoms with Gasteiger partial charge in [0.1, 0.15) is 6.54 Å². The lowest BCUT2D eigenvalue weighted by molar-refractivity contribution is -0.119. The number of methoxy groups -OCH3 is 1. The average Bonchev–Trinajstić information content (AvgIpc) is 2.38. The fraction of sp³-hybridized carbons (Fsp3) is 0.833. The van der Waals surface area contributed by atoms with Crippen LogP contribution in [0.15, 0.2) is 4.99 Å². The minimum Gasteiger partial charge on any atom is -0.385 e. The largest absolute Gasteiger partial charge is 0.385 e. The van der Waals surface area contributed by atoms with E-state index in [9.17, 15) is 4.79 Å². The molecule has 0 aliphatic carbocycles. The highest BCUT2D eigenvalue weighted by molar-refractivity contribution is 5.84. The Bertz CT molecular complexity index is 244. The van der Waals surface area contributed by atoms with Crippen LogP contribution < -0.4 is 16.0 Å². The van der Waals surface area contributed by atoms with Gasteiger partial charge in [0.25, 0.3) is 0 Å². The topological polar surface area (TPSA) is 74.8 Å². The van der Waals surface area contributed by atoms with Crippen molar-refractivity contribution in [2.75, 3.05) is 39.9 Å². The highest BCUT2D eigenvalue weighted by Crippen LogP contribution is 1.80. The molecule has 0 aromatic rings. The normalized spacial score (nSPS) is 11.2. The van der Waals surface area contributed by atoms with E-state index in [0.29, 0.717) is 19.1 Å². The van der Waals surface area contributed by atoms with Crippen molar-refractivity contribution in [3.8, 4) is 0 Å². The maximum atomic E-state index is 11.4. The summed E-state index contributed by atoms with van der Waals surface area (Å²) in [6.07, 6.45) is 1.84. The molecule has 0 atom stereocenters. The van der Waals surface area contributed by atoms with Gasteiger partial charge in [-0.15, -0.1) is 0 Å². The highest BCUT2D eigenvalue weighted by Gasteiger charge is 2.00. The van der Waals surface area contributed by atoms with E-state index in [1.165, 1.54) is 0 Å². The Hall–Kier alpha value is -1.30. The van der Waals surface area contributed by atoms with Crippen LogP contribution in [-0.4, -0.2) is 51.8 Å². The van der Waals surface area contributed by atoms with Crippen molar-refractivity contribution in [2.24, 2.45) is 4.99 Å². The van der Waals surface area contributed by atoms with Crippen molar-refractivity contribution in [3.05, 3.63) is 0 Å². The van der Waals surface area contributed by atoms with E-state index in [1.54, 1.807) is 7.11 Å². The van der Waals surface area contributed by atoms with Crippen molar-refractivity contribution in [1.82, 2.24) is 16.0 Å². The minimum atomic E-state index is -0.0501. The number of rotatable bonds is 9. The molecular weight excluding hydrogens is 232 g/mol. The lowest BCUT2D eigenvalue weighted by Crippen LogP contribution is -2.39. The van der Waals surface area contributed by atoms with E-state index in [2.05, 4.69) is 20.9 Å². The number of ether oxygens (including phenoxy) is 1. The zero-order valence-electron chi connectivity index (χ0n) is 11.7. The second-order valence-corrected chi connectivity index (χ2v) is 3.82. The first kappa shape index (κ1) is 16.7. The molecule has 0 fully saturated rings. The summed E-state index contributed by atoms with van der Waals surface area (Å²) in [4.78, 5) is 15.6. The van der Waals surface area contributed by atoms with Crippen LogP contribution in [0.4, 0.5) is 0 Å². The molecule has 3 N–H and O–H groups in total. The molecule has 1 amide bonds. The van der Waals surface area contributed by atoms with Crippen LogP contribution in [0.25, 0.3) is 0 Å². The smallest absolute Gasteiger partial charge is 0.241 e. The van der Waals surface area contributed by atoms with Crippen LogP contribution in [0.1, 0.15) is 26.7 Å². The maximum absolute atomic E-state index is 11.4. The summed E-state index contributed by atoms with van der Waals surface area (Å²) in [6.45, 7) is 7.12. The number of amides is 1. The lowest BCUT2D eigenvalue weighted by atomic mass is 10.4. The molecule has 0 bridgehead atoms. The Balaban J connectivity index is 3.94. The predicted molar refractivity (Wildman–Crippen MR) is 73.8 cm³/mol. The Kier molecular flexibility index (Phi) is 11.3. The summed E-state index contributed by atoms with van der Waals surface area (Å²) in [7, 11) is 1.68. The monoisotopic (exact) mass is 258 g/mol. The molecule has 0 spiro atoms. The standard InChI is InChI=1S/C12H26N4O2/c1-4-7-14-11(17)10-16-12(13-5-2)15-8-6-9-18-3/h4-10H2,1-3H3,(H,14,17)(H2,13,15,16). The molecule has 6 nitrogen and oxygen atoms in total. The van der Waals surface area contributed by atoms with E-state index < -0.39 is 0 Å². The molecule has 0 aliphatic rings. The van der Waals surface area contributed by atoms with Gasteiger partial charge in [-0.25, -0.2) is 4.99 Å². The molecule has 0 aliphatic heterocycles. The number of hydrogen-bond donors (Lipinski definition) is 3. The minimum absolute atomic E-state index is 0.0501. The van der Waals surface area contributed by atoms with Crippen LogP contribution in [0, 0.1) is 0 Å². The number of guanidine groups is 1. The molecular formula is C12H26N4O2. The van der Waals surface area contributed by atoms with Gasteiger partial charge in [0.15, 0.2) is 5.96 Å². The van der Waals surface area contributed by atoms with E-state index >= 15 is 0 Å². The Morgan fingerprint density at radius 3 is 2.56 bits per heavy atom. The molecule has 6 heteroatoms. The first-order valence-corrected chi connectivity index (χ1v) is 6.52. The van der Waals surface area contributed by atoms with Crippen LogP contribution in [0.2, 0.25) is 0 Å². The molecule has 0 rings (SSSR count). The molecule has 0 radical (unpaired) electrons. The molecule has 0 aromatic carbocycles. The molecule has 0 saturated heterocycles. The second-order valence-electron chi connectivity index (χ2n) is 3.82. The summed E-state index contributed by atoms with van der Waals surface area (Å²) in [5.41, 5.74) is 0. The fourth-order valence-electron chi connectivity index (χ4n) is 1.24. The first-order chi connectivity index (χ1) is 8.74. The Morgan fingerprint density at radius 1 is 1.17 bits per heavy atom. The third-order valence-corrected chi connectivity index (χ3v) is 2.11. The van der Waals surface area contributed by atoms with Crippen molar-refractivity contribution < 1.29 is 9.53 Å². The number of nitrogens with zero attached hydrogens (tertiary/aromatic N) is 1. The molecule has 18 heavy (non-hydrogen) atoms. The van der Waals surface area contributed by atoms with E-state index in [1.807, 2.05) is 13.8 Å². The van der Waals surface area contributed by atoms with Crippen molar-refractivity contribution in [2.45, 2.75) is 26.7 Å². The van der Waals surface area contributed by atoms with Crippen LogP contribution in [0.3, 0.4) is 0 Å². The number of carbonyl (C=O) groups excluding carboxylic acids is 1. The average molecular weight is 258 g/mol. The highest BCUT2D eigenvalue weighted by atomic mass is 16.5. The third-order valence-electron chi connectivity index (χ3n) is 2.11. The summed E-state index contributed by atoms with van der Waals surface area (Å²) >= 11 is 0. The zero-order chi connectivity index (χ0) is 13.6. The van der Waals surface area contributed by atoms with Gasteiger partial charge in [-0.05, 0) is 19.8 Å². The second kappa shape index (κ2) is 12.2. The lowest BCUT2D eigenvalue weighted by Gasteiger charge is -2.10. The van der Waals surface area contributed by atoms with Crippen molar-refractivity contribution in [3.63, 3.8) is 0 Å². The fourth-order valence-corrected chi connectivity index (χ4v) is 1.24. The number of nitrogens with one attached hydrogen (secondary N) is 3. The van der Waals surface area contributed by atoms with Crippen molar-refractivity contribution in [1.29, 1.82) is 0 Å². The molecule has 0 heterocycles. The van der Waals surface area contributed by atoms with E-state index in [4.69, 9.17) is 4.74 Å². The summed E-state index contributed by atoms with van der Waals surface area (Å²) in [5.74, 6) is 0.617. The van der Waals surface area contributed by atoms with Crippen molar-refractivity contribution >= 4 is 11.9 Å². The van der Waals surface area contributed by atoms with Gasteiger partial charge in [-0.3, -0.25) is 4.79 Å².